The van der Waals surface area contributed by atoms with Crippen LogP contribution in [0, 0.1) is 6.92 Å². The van der Waals surface area contributed by atoms with Gasteiger partial charge in [0.15, 0.2) is 0 Å². The lowest BCUT2D eigenvalue weighted by molar-refractivity contribution is 0.0602. The number of carbonyl (C=O) groups is 2. The molecule has 3 aromatic rings. The van der Waals surface area contributed by atoms with Crippen molar-refractivity contribution in [3.05, 3.63) is 76.6 Å². The number of esters is 1. The largest absolute Gasteiger partial charge is 0.465 e. The number of hydrogen-bond acceptors (Lipinski definition) is 6. The van der Waals surface area contributed by atoms with Crippen LogP contribution in [0.3, 0.4) is 0 Å². The summed E-state index contributed by atoms with van der Waals surface area (Å²) >= 11 is 5.98. The number of amides is 1. The highest BCUT2D eigenvalue weighted by molar-refractivity contribution is 6.30. The van der Waals surface area contributed by atoms with E-state index in [9.17, 15) is 9.59 Å². The topological polar surface area (TPSA) is 93.2 Å². The van der Waals surface area contributed by atoms with Gasteiger partial charge < -0.3 is 15.4 Å². The van der Waals surface area contributed by atoms with Crippen LogP contribution in [0.25, 0.3) is 0 Å². The number of rotatable bonds is 5. The second kappa shape index (κ2) is 8.49. The van der Waals surface area contributed by atoms with Crippen LogP contribution < -0.4 is 10.6 Å². The first kappa shape index (κ1) is 19.3. The van der Waals surface area contributed by atoms with Crippen LogP contribution in [0.15, 0.2) is 54.6 Å². The monoisotopic (exact) mass is 396 g/mol. The molecule has 28 heavy (non-hydrogen) atoms. The predicted molar refractivity (Wildman–Crippen MR) is 107 cm³/mol. The van der Waals surface area contributed by atoms with Gasteiger partial charge in [0.25, 0.3) is 5.91 Å². The quantitative estimate of drug-likeness (QED) is 0.627. The molecule has 3 rings (SSSR count). The molecule has 8 heteroatoms. The molecular weight excluding hydrogens is 380 g/mol. The van der Waals surface area contributed by atoms with E-state index in [1.54, 1.807) is 55.5 Å². The lowest BCUT2D eigenvalue weighted by Crippen LogP contribution is -2.17. The highest BCUT2D eigenvalue weighted by Crippen LogP contribution is 2.20. The van der Waals surface area contributed by atoms with Gasteiger partial charge in [-0.3, -0.25) is 4.79 Å². The first-order valence-corrected chi connectivity index (χ1v) is 8.71. The molecule has 0 aliphatic heterocycles. The molecule has 0 aliphatic carbocycles. The first-order chi connectivity index (χ1) is 13.5. The maximum atomic E-state index is 12.7. The van der Waals surface area contributed by atoms with Crippen molar-refractivity contribution in [2.75, 3.05) is 17.7 Å². The fourth-order valence-electron chi connectivity index (χ4n) is 2.50. The Labute approximate surface area is 166 Å². The van der Waals surface area contributed by atoms with Crippen LogP contribution in [-0.4, -0.2) is 29.0 Å². The Balaban J connectivity index is 1.85. The summed E-state index contributed by atoms with van der Waals surface area (Å²) in [7, 11) is 1.28. The third-order valence-electron chi connectivity index (χ3n) is 3.75. The Morgan fingerprint density at radius 2 is 1.82 bits per heavy atom. The molecule has 0 unspecified atom stereocenters. The molecule has 2 N–H and O–H groups in total. The van der Waals surface area contributed by atoms with E-state index < -0.39 is 11.9 Å². The Morgan fingerprint density at radius 1 is 1.04 bits per heavy atom. The molecule has 142 valence electrons. The molecule has 0 fully saturated rings. The Morgan fingerprint density at radius 3 is 2.57 bits per heavy atom. The number of carbonyl (C=O) groups excluding carboxylic acids is 2. The van der Waals surface area contributed by atoms with Crippen molar-refractivity contribution in [1.82, 2.24) is 9.97 Å². The summed E-state index contributed by atoms with van der Waals surface area (Å²) in [5, 5.41) is 6.28. The SMILES string of the molecule is COC(=O)c1ccccc1NC(=O)c1cc(C)nc(Nc2cccc(Cl)c2)n1. The van der Waals surface area contributed by atoms with Crippen molar-refractivity contribution in [3.63, 3.8) is 0 Å². The van der Waals surface area contributed by atoms with Crippen molar-refractivity contribution in [2.45, 2.75) is 6.92 Å². The van der Waals surface area contributed by atoms with Crippen molar-refractivity contribution in [2.24, 2.45) is 0 Å². The number of halogens is 1. The minimum absolute atomic E-state index is 0.150. The molecule has 0 aliphatic rings. The van der Waals surface area contributed by atoms with E-state index >= 15 is 0 Å². The number of aromatic nitrogens is 2. The van der Waals surface area contributed by atoms with Gasteiger partial charge in [-0.25, -0.2) is 14.8 Å². The fraction of sp³-hybridized carbons (Fsp3) is 0.100. The highest BCUT2D eigenvalue weighted by atomic mass is 35.5. The molecule has 1 amide bonds. The number of ether oxygens (including phenoxy) is 1. The van der Waals surface area contributed by atoms with Gasteiger partial charge in [0.1, 0.15) is 5.69 Å². The van der Waals surface area contributed by atoms with Gasteiger partial charge in [0, 0.05) is 16.4 Å². The number of hydrogen-bond donors (Lipinski definition) is 2. The maximum Gasteiger partial charge on any atom is 0.339 e. The summed E-state index contributed by atoms with van der Waals surface area (Å²) in [5.74, 6) is -0.761. The Kier molecular flexibility index (Phi) is 5.86. The third kappa shape index (κ3) is 4.63. The van der Waals surface area contributed by atoms with E-state index in [0.29, 0.717) is 22.1 Å². The summed E-state index contributed by atoms with van der Waals surface area (Å²) in [4.78, 5) is 33.1. The van der Waals surface area contributed by atoms with E-state index in [0.717, 1.165) is 0 Å². The van der Waals surface area contributed by atoms with Gasteiger partial charge in [-0.05, 0) is 43.3 Å². The molecule has 7 nitrogen and oxygen atoms in total. The molecule has 1 heterocycles. The zero-order valence-electron chi connectivity index (χ0n) is 15.2. The number of methoxy groups -OCH3 is 1. The van der Waals surface area contributed by atoms with Crippen LogP contribution in [0.1, 0.15) is 26.5 Å². The lowest BCUT2D eigenvalue weighted by Gasteiger charge is -2.11. The number of nitrogens with zero attached hydrogens (tertiary/aromatic N) is 2. The van der Waals surface area contributed by atoms with Crippen molar-refractivity contribution in [3.8, 4) is 0 Å². The molecule has 0 saturated carbocycles. The van der Waals surface area contributed by atoms with Crippen LogP contribution in [-0.2, 0) is 4.74 Å². The summed E-state index contributed by atoms with van der Waals surface area (Å²) in [5.41, 5.74) is 2.03. The smallest absolute Gasteiger partial charge is 0.339 e. The normalized spacial score (nSPS) is 10.2. The van der Waals surface area contributed by atoms with Gasteiger partial charge in [0.05, 0.1) is 18.4 Å². The first-order valence-electron chi connectivity index (χ1n) is 8.33. The summed E-state index contributed by atoms with van der Waals surface area (Å²) < 4.78 is 4.74. The van der Waals surface area contributed by atoms with Gasteiger partial charge in [-0.1, -0.05) is 29.8 Å². The van der Waals surface area contributed by atoms with Crippen LogP contribution in [0.4, 0.5) is 17.3 Å². The van der Waals surface area contributed by atoms with E-state index in [2.05, 4.69) is 20.6 Å². The fourth-order valence-corrected chi connectivity index (χ4v) is 2.69. The number of aryl methyl sites for hydroxylation is 1. The van der Waals surface area contributed by atoms with E-state index in [-0.39, 0.29) is 17.2 Å². The lowest BCUT2D eigenvalue weighted by atomic mass is 10.1. The Hall–Kier alpha value is -3.45. The third-order valence-corrected chi connectivity index (χ3v) is 3.98. The van der Waals surface area contributed by atoms with Gasteiger partial charge in [-0.2, -0.15) is 0 Å². The molecule has 0 saturated heterocycles. The van der Waals surface area contributed by atoms with E-state index in [1.807, 2.05) is 6.07 Å². The van der Waals surface area contributed by atoms with Gasteiger partial charge >= 0.3 is 5.97 Å². The second-order valence-corrected chi connectivity index (χ2v) is 6.28. The zero-order chi connectivity index (χ0) is 20.1. The van der Waals surface area contributed by atoms with Crippen LogP contribution >= 0.6 is 11.6 Å². The molecular formula is C20H17ClN4O3. The van der Waals surface area contributed by atoms with Crippen LogP contribution in [0.5, 0.6) is 0 Å². The zero-order valence-corrected chi connectivity index (χ0v) is 15.9. The number of nitrogens with one attached hydrogen (secondary N) is 2. The molecule has 0 bridgehead atoms. The second-order valence-electron chi connectivity index (χ2n) is 5.84. The van der Waals surface area contributed by atoms with E-state index in [1.165, 1.54) is 7.11 Å². The number of benzene rings is 2. The highest BCUT2D eigenvalue weighted by Gasteiger charge is 2.16. The summed E-state index contributed by atoms with van der Waals surface area (Å²) in [6.45, 7) is 1.75. The minimum atomic E-state index is -0.543. The van der Waals surface area contributed by atoms with E-state index in [4.69, 9.17) is 16.3 Å². The van der Waals surface area contributed by atoms with Crippen molar-refractivity contribution >= 4 is 40.8 Å². The van der Waals surface area contributed by atoms with Crippen molar-refractivity contribution < 1.29 is 14.3 Å². The molecule has 0 spiro atoms. The predicted octanol–water partition coefficient (Wildman–Crippen LogP) is 4.22. The van der Waals surface area contributed by atoms with Crippen LogP contribution in [0.2, 0.25) is 5.02 Å². The maximum absolute atomic E-state index is 12.7. The molecule has 0 atom stereocenters. The molecule has 1 aromatic heterocycles. The number of para-hydroxylation sites is 1. The van der Waals surface area contributed by atoms with Gasteiger partial charge in [0.2, 0.25) is 5.95 Å². The minimum Gasteiger partial charge on any atom is -0.465 e. The average Bonchev–Trinajstić information content (AvgIpc) is 2.67. The Bertz CT molecular complexity index is 1040. The summed E-state index contributed by atoms with van der Waals surface area (Å²) in [6, 6.07) is 15.2. The molecule has 2 aromatic carbocycles. The summed E-state index contributed by atoms with van der Waals surface area (Å²) in [6.07, 6.45) is 0. The van der Waals surface area contributed by atoms with Crippen molar-refractivity contribution in [1.29, 1.82) is 0 Å². The standard InChI is InChI=1S/C20H17ClN4O3/c1-12-10-17(25-20(22-12)23-14-7-5-6-13(21)11-14)18(26)24-16-9-4-3-8-15(16)19(27)28-2/h3-11H,1-2H3,(H,24,26)(H,22,23,25). The molecule has 0 radical (unpaired) electrons. The average molecular weight is 397 g/mol. The number of anilines is 3. The van der Waals surface area contributed by atoms with Gasteiger partial charge in [-0.15, -0.1) is 0 Å².